The molecule has 0 aliphatic rings. The standard InChI is InChI=1S/C16H22F2N2O2/c1-3-20(4-2)12-11-19-15(21)10-9-13-7-5-6-8-14(13)22-16(17)18/h5-10,16H,3-4,11-12H2,1-2H3,(H,19,21)/b10-9+. The number of alkyl halides is 2. The number of halogens is 2. The Morgan fingerprint density at radius 3 is 2.64 bits per heavy atom. The highest BCUT2D eigenvalue weighted by Gasteiger charge is 2.07. The minimum Gasteiger partial charge on any atom is -0.434 e. The van der Waals surface area contributed by atoms with Crippen LogP contribution in [0.2, 0.25) is 0 Å². The zero-order chi connectivity index (χ0) is 16.4. The first-order valence-corrected chi connectivity index (χ1v) is 7.28. The highest BCUT2D eigenvalue weighted by atomic mass is 19.3. The zero-order valence-electron chi connectivity index (χ0n) is 12.9. The van der Waals surface area contributed by atoms with Crippen LogP contribution >= 0.6 is 0 Å². The molecule has 0 fully saturated rings. The van der Waals surface area contributed by atoms with E-state index in [-0.39, 0.29) is 11.7 Å². The summed E-state index contributed by atoms with van der Waals surface area (Å²) in [6.07, 6.45) is 2.78. The van der Waals surface area contributed by atoms with Crippen LogP contribution < -0.4 is 10.1 Å². The maximum atomic E-state index is 12.3. The second-order valence-electron chi connectivity index (χ2n) is 4.57. The highest BCUT2D eigenvalue weighted by molar-refractivity contribution is 5.92. The summed E-state index contributed by atoms with van der Waals surface area (Å²) in [6, 6.07) is 6.33. The van der Waals surface area contributed by atoms with Gasteiger partial charge >= 0.3 is 6.61 Å². The van der Waals surface area contributed by atoms with Crippen molar-refractivity contribution in [2.75, 3.05) is 26.2 Å². The van der Waals surface area contributed by atoms with E-state index in [0.717, 1.165) is 19.6 Å². The van der Waals surface area contributed by atoms with Crippen LogP contribution in [0, 0.1) is 0 Å². The lowest BCUT2D eigenvalue weighted by atomic mass is 10.2. The lowest BCUT2D eigenvalue weighted by Gasteiger charge is -2.17. The van der Waals surface area contributed by atoms with Gasteiger partial charge in [0.15, 0.2) is 0 Å². The first-order chi connectivity index (χ1) is 10.6. The van der Waals surface area contributed by atoms with E-state index in [1.54, 1.807) is 18.2 Å². The summed E-state index contributed by atoms with van der Waals surface area (Å²) in [5.41, 5.74) is 0.432. The van der Waals surface area contributed by atoms with Gasteiger partial charge in [0, 0.05) is 24.7 Å². The summed E-state index contributed by atoms with van der Waals surface area (Å²) in [6.45, 7) is 4.41. The van der Waals surface area contributed by atoms with Crippen LogP contribution in [0.3, 0.4) is 0 Å². The van der Waals surface area contributed by atoms with Gasteiger partial charge < -0.3 is 15.0 Å². The third-order valence-corrected chi connectivity index (χ3v) is 3.17. The van der Waals surface area contributed by atoms with Crippen LogP contribution in [-0.2, 0) is 4.79 Å². The van der Waals surface area contributed by atoms with Crippen molar-refractivity contribution in [1.29, 1.82) is 0 Å². The van der Waals surface area contributed by atoms with E-state index in [1.165, 1.54) is 18.2 Å². The van der Waals surface area contributed by atoms with Gasteiger partial charge in [-0.2, -0.15) is 8.78 Å². The predicted octanol–water partition coefficient (Wildman–Crippen LogP) is 2.76. The van der Waals surface area contributed by atoms with Crippen LogP contribution in [0.5, 0.6) is 5.75 Å². The van der Waals surface area contributed by atoms with Crippen molar-refractivity contribution in [2.24, 2.45) is 0 Å². The molecule has 1 rings (SSSR count). The number of nitrogens with one attached hydrogen (secondary N) is 1. The quantitative estimate of drug-likeness (QED) is 0.713. The summed E-state index contributed by atoms with van der Waals surface area (Å²) in [5.74, 6) is -0.219. The minimum absolute atomic E-state index is 0.0460. The molecule has 0 aliphatic heterocycles. The molecular formula is C16H22F2N2O2. The molecular weight excluding hydrogens is 290 g/mol. The normalized spacial score (nSPS) is 11.4. The SMILES string of the molecule is CCN(CC)CCNC(=O)/C=C/c1ccccc1OC(F)F. The maximum absolute atomic E-state index is 12.3. The lowest BCUT2D eigenvalue weighted by molar-refractivity contribution is -0.116. The molecule has 0 saturated heterocycles. The fourth-order valence-corrected chi connectivity index (χ4v) is 1.92. The van der Waals surface area contributed by atoms with E-state index in [2.05, 4.69) is 28.8 Å². The number of benzene rings is 1. The molecule has 0 heterocycles. The van der Waals surface area contributed by atoms with Crippen LogP contribution in [-0.4, -0.2) is 43.6 Å². The minimum atomic E-state index is -2.89. The molecule has 0 atom stereocenters. The average molecular weight is 312 g/mol. The Hall–Kier alpha value is -1.95. The molecule has 4 nitrogen and oxygen atoms in total. The second-order valence-corrected chi connectivity index (χ2v) is 4.57. The molecule has 6 heteroatoms. The van der Waals surface area contributed by atoms with Crippen LogP contribution in [0.1, 0.15) is 19.4 Å². The maximum Gasteiger partial charge on any atom is 0.387 e. The molecule has 1 amide bonds. The molecule has 1 aromatic rings. The molecule has 1 aromatic carbocycles. The Bertz CT molecular complexity index is 489. The van der Waals surface area contributed by atoms with Crippen molar-refractivity contribution in [2.45, 2.75) is 20.5 Å². The smallest absolute Gasteiger partial charge is 0.387 e. The number of hydrogen-bond acceptors (Lipinski definition) is 3. The largest absolute Gasteiger partial charge is 0.434 e. The number of nitrogens with zero attached hydrogens (tertiary/aromatic N) is 1. The van der Waals surface area contributed by atoms with E-state index in [0.29, 0.717) is 12.1 Å². The Morgan fingerprint density at radius 2 is 2.00 bits per heavy atom. The number of para-hydroxylation sites is 1. The molecule has 0 bridgehead atoms. The van der Waals surface area contributed by atoms with E-state index < -0.39 is 6.61 Å². The van der Waals surface area contributed by atoms with Crippen LogP contribution in [0.4, 0.5) is 8.78 Å². The van der Waals surface area contributed by atoms with Crippen molar-refractivity contribution in [1.82, 2.24) is 10.2 Å². The fourth-order valence-electron chi connectivity index (χ4n) is 1.92. The van der Waals surface area contributed by atoms with Gasteiger partial charge in [0.2, 0.25) is 5.91 Å². The average Bonchev–Trinajstić information content (AvgIpc) is 2.50. The third kappa shape index (κ3) is 6.67. The van der Waals surface area contributed by atoms with Gasteiger partial charge in [-0.15, -0.1) is 0 Å². The molecule has 0 saturated carbocycles. The number of amides is 1. The lowest BCUT2D eigenvalue weighted by Crippen LogP contribution is -2.34. The van der Waals surface area contributed by atoms with Gasteiger partial charge in [-0.3, -0.25) is 4.79 Å². The van der Waals surface area contributed by atoms with Gasteiger partial charge in [-0.25, -0.2) is 0 Å². The highest BCUT2D eigenvalue weighted by Crippen LogP contribution is 2.21. The Labute approximate surface area is 129 Å². The third-order valence-electron chi connectivity index (χ3n) is 3.17. The molecule has 1 N–H and O–H groups in total. The van der Waals surface area contributed by atoms with Crippen molar-refractivity contribution in [3.8, 4) is 5.75 Å². The zero-order valence-corrected chi connectivity index (χ0v) is 12.9. The number of carbonyl (C=O) groups excluding carboxylic acids is 1. The number of ether oxygens (including phenoxy) is 1. The Morgan fingerprint density at radius 1 is 1.32 bits per heavy atom. The van der Waals surface area contributed by atoms with E-state index in [9.17, 15) is 13.6 Å². The molecule has 0 radical (unpaired) electrons. The Balaban J connectivity index is 2.52. The van der Waals surface area contributed by atoms with Crippen molar-refractivity contribution >= 4 is 12.0 Å². The number of rotatable bonds is 9. The van der Waals surface area contributed by atoms with E-state index >= 15 is 0 Å². The fraction of sp³-hybridized carbons (Fsp3) is 0.438. The monoisotopic (exact) mass is 312 g/mol. The summed E-state index contributed by atoms with van der Waals surface area (Å²) in [7, 11) is 0. The van der Waals surface area contributed by atoms with Gasteiger partial charge in [0.25, 0.3) is 0 Å². The topological polar surface area (TPSA) is 41.6 Å². The molecule has 0 aliphatic carbocycles. The van der Waals surface area contributed by atoms with Crippen molar-refractivity contribution < 1.29 is 18.3 Å². The Kier molecular flexibility index (Phi) is 8.14. The summed E-state index contributed by atoms with van der Waals surface area (Å²) < 4.78 is 29.0. The van der Waals surface area contributed by atoms with Gasteiger partial charge in [-0.05, 0) is 25.2 Å². The predicted molar refractivity (Wildman–Crippen MR) is 82.9 cm³/mol. The number of carbonyl (C=O) groups is 1. The summed E-state index contributed by atoms with van der Waals surface area (Å²) >= 11 is 0. The molecule has 0 spiro atoms. The van der Waals surface area contributed by atoms with Crippen LogP contribution in [0.25, 0.3) is 6.08 Å². The van der Waals surface area contributed by atoms with E-state index in [1.807, 2.05) is 0 Å². The second kappa shape index (κ2) is 9.89. The molecule has 122 valence electrons. The van der Waals surface area contributed by atoms with Gasteiger partial charge in [-0.1, -0.05) is 32.0 Å². The van der Waals surface area contributed by atoms with Crippen LogP contribution in [0.15, 0.2) is 30.3 Å². The molecule has 0 unspecified atom stereocenters. The van der Waals surface area contributed by atoms with Gasteiger partial charge in [0.05, 0.1) is 0 Å². The first-order valence-electron chi connectivity index (χ1n) is 7.28. The first kappa shape index (κ1) is 18.1. The van der Waals surface area contributed by atoms with Gasteiger partial charge in [0.1, 0.15) is 5.75 Å². The number of hydrogen-bond donors (Lipinski definition) is 1. The van der Waals surface area contributed by atoms with Crippen molar-refractivity contribution in [3.63, 3.8) is 0 Å². The number of likely N-dealkylation sites (N-methyl/N-ethyl adjacent to an activating group) is 1. The molecule has 22 heavy (non-hydrogen) atoms. The van der Waals surface area contributed by atoms with E-state index in [4.69, 9.17) is 0 Å². The van der Waals surface area contributed by atoms with Crippen molar-refractivity contribution in [3.05, 3.63) is 35.9 Å². The summed E-state index contributed by atoms with van der Waals surface area (Å²) in [4.78, 5) is 13.9. The summed E-state index contributed by atoms with van der Waals surface area (Å²) in [5, 5.41) is 2.76. The molecule has 0 aromatic heterocycles.